The summed E-state index contributed by atoms with van der Waals surface area (Å²) in [5, 5.41) is 4.00. The van der Waals surface area contributed by atoms with E-state index in [1.807, 2.05) is 32.0 Å². The zero-order valence-electron chi connectivity index (χ0n) is 16.7. The summed E-state index contributed by atoms with van der Waals surface area (Å²) in [6.07, 6.45) is -1.000. The molecule has 0 spiro atoms. The van der Waals surface area contributed by atoms with E-state index in [1.54, 1.807) is 18.2 Å². The number of nitrogens with one attached hydrogen (secondary N) is 1. The minimum Gasteiger partial charge on any atom is -0.478 e. The van der Waals surface area contributed by atoms with E-state index in [2.05, 4.69) is 10.3 Å². The normalized spacial score (nSPS) is 11.8. The second-order valence-corrected chi connectivity index (χ2v) is 7.61. The Balaban J connectivity index is 1.63. The molecule has 0 aliphatic carbocycles. The van der Waals surface area contributed by atoms with Crippen LogP contribution in [0.3, 0.4) is 0 Å². The Morgan fingerprint density at radius 1 is 1.07 bits per heavy atom. The summed E-state index contributed by atoms with van der Waals surface area (Å²) in [5.74, 6) is -0.929. The molecular weight excluding hydrogens is 427 g/mol. The molecule has 8 heteroatoms. The zero-order chi connectivity index (χ0) is 21.8. The lowest BCUT2D eigenvalue weighted by molar-refractivity contribution is -0.155. The highest BCUT2D eigenvalue weighted by Crippen LogP contribution is 2.37. The van der Waals surface area contributed by atoms with Crippen LogP contribution in [0.15, 0.2) is 42.5 Å². The third kappa shape index (κ3) is 5.20. The number of hydrogen-bond acceptors (Lipinski definition) is 5. The number of anilines is 1. The van der Waals surface area contributed by atoms with E-state index in [4.69, 9.17) is 32.7 Å². The van der Waals surface area contributed by atoms with Gasteiger partial charge in [0.2, 0.25) is 0 Å². The average molecular weight is 447 g/mol. The van der Waals surface area contributed by atoms with Gasteiger partial charge in [-0.2, -0.15) is 0 Å². The molecule has 0 radical (unpaired) electrons. The molecule has 1 heterocycles. The van der Waals surface area contributed by atoms with Crippen LogP contribution in [-0.4, -0.2) is 29.6 Å². The molecule has 3 rings (SSSR count). The van der Waals surface area contributed by atoms with Crippen molar-refractivity contribution in [2.75, 3.05) is 11.9 Å². The highest BCUT2D eigenvalue weighted by atomic mass is 35.5. The number of rotatable bonds is 6. The lowest BCUT2D eigenvalue weighted by atomic mass is 10.2. The van der Waals surface area contributed by atoms with Gasteiger partial charge >= 0.3 is 5.97 Å². The van der Waals surface area contributed by atoms with Crippen LogP contribution in [0.25, 0.3) is 10.9 Å². The predicted molar refractivity (Wildman–Crippen MR) is 117 cm³/mol. The SMILES string of the molecule is Cc1ccc(NC(=O)[C@@H](C)OC(=O)COc2c(Cl)cc(Cl)c3ccc(C)nc23)cc1. The molecule has 1 amide bonds. The van der Waals surface area contributed by atoms with Gasteiger partial charge in [0, 0.05) is 16.8 Å². The molecule has 0 bridgehead atoms. The quantitative estimate of drug-likeness (QED) is 0.532. The summed E-state index contributed by atoms with van der Waals surface area (Å²) < 4.78 is 10.7. The standard InChI is InChI=1S/C22H20Cl2N2O4/c1-12-4-7-15(8-5-12)26-22(28)14(3)30-19(27)11-29-21-18(24)10-17(23)16-9-6-13(2)25-20(16)21/h4-10,14H,11H2,1-3H3,(H,26,28)/t14-/m1/s1. The highest BCUT2D eigenvalue weighted by Gasteiger charge is 2.20. The van der Waals surface area contributed by atoms with Crippen molar-refractivity contribution < 1.29 is 19.1 Å². The fourth-order valence-electron chi connectivity index (χ4n) is 2.72. The van der Waals surface area contributed by atoms with Gasteiger partial charge in [0.15, 0.2) is 18.5 Å². The van der Waals surface area contributed by atoms with Gasteiger partial charge in [-0.1, -0.05) is 40.9 Å². The fraction of sp³-hybridized carbons (Fsp3) is 0.227. The maximum atomic E-state index is 12.2. The fourth-order valence-corrected chi connectivity index (χ4v) is 3.29. The van der Waals surface area contributed by atoms with Crippen molar-refractivity contribution in [2.24, 2.45) is 0 Å². The smallest absolute Gasteiger partial charge is 0.344 e. The second kappa shape index (κ2) is 9.32. The van der Waals surface area contributed by atoms with Gasteiger partial charge in [-0.25, -0.2) is 9.78 Å². The monoisotopic (exact) mass is 446 g/mol. The summed E-state index contributed by atoms with van der Waals surface area (Å²) in [6, 6.07) is 12.4. The number of amides is 1. The number of ether oxygens (including phenoxy) is 2. The number of nitrogens with zero attached hydrogens (tertiary/aromatic N) is 1. The molecule has 2 aromatic carbocycles. The van der Waals surface area contributed by atoms with E-state index in [-0.39, 0.29) is 10.8 Å². The maximum Gasteiger partial charge on any atom is 0.344 e. The van der Waals surface area contributed by atoms with Crippen molar-refractivity contribution in [3.05, 3.63) is 63.8 Å². The molecule has 156 valence electrons. The highest BCUT2D eigenvalue weighted by molar-refractivity contribution is 6.39. The molecule has 0 aliphatic rings. The molecular formula is C22H20Cl2N2O4. The van der Waals surface area contributed by atoms with E-state index in [1.165, 1.54) is 13.0 Å². The summed E-state index contributed by atoms with van der Waals surface area (Å²) in [4.78, 5) is 28.8. The van der Waals surface area contributed by atoms with Gasteiger partial charge in [0.1, 0.15) is 5.52 Å². The Hall–Kier alpha value is -2.83. The molecule has 0 saturated carbocycles. The van der Waals surface area contributed by atoms with Crippen LogP contribution in [0.1, 0.15) is 18.2 Å². The van der Waals surface area contributed by atoms with Crippen molar-refractivity contribution in [1.82, 2.24) is 4.98 Å². The van der Waals surface area contributed by atoms with Gasteiger partial charge in [-0.3, -0.25) is 4.79 Å². The third-order valence-electron chi connectivity index (χ3n) is 4.31. The molecule has 1 N–H and O–H groups in total. The van der Waals surface area contributed by atoms with Gasteiger partial charge in [0.05, 0.1) is 10.0 Å². The number of pyridine rings is 1. The van der Waals surface area contributed by atoms with Crippen LogP contribution >= 0.6 is 23.2 Å². The summed E-state index contributed by atoms with van der Waals surface area (Å²) in [7, 11) is 0. The first-order chi connectivity index (χ1) is 14.2. The Bertz CT molecular complexity index is 1100. The van der Waals surface area contributed by atoms with E-state index < -0.39 is 24.6 Å². The summed E-state index contributed by atoms with van der Waals surface area (Å²) in [5.41, 5.74) is 2.88. The van der Waals surface area contributed by atoms with Gasteiger partial charge in [-0.05, 0) is 51.1 Å². The number of aromatic nitrogens is 1. The minimum absolute atomic E-state index is 0.226. The molecule has 1 aromatic heterocycles. The zero-order valence-corrected chi connectivity index (χ0v) is 18.2. The number of benzene rings is 2. The Morgan fingerprint density at radius 3 is 2.47 bits per heavy atom. The van der Waals surface area contributed by atoms with E-state index in [0.717, 1.165) is 11.3 Å². The van der Waals surface area contributed by atoms with E-state index in [0.29, 0.717) is 21.6 Å². The van der Waals surface area contributed by atoms with Gasteiger partial charge in [-0.15, -0.1) is 0 Å². The van der Waals surface area contributed by atoms with E-state index in [9.17, 15) is 9.59 Å². The first-order valence-corrected chi connectivity index (χ1v) is 9.95. The summed E-state index contributed by atoms with van der Waals surface area (Å²) in [6.45, 7) is 4.81. The lowest BCUT2D eigenvalue weighted by Gasteiger charge is -2.15. The van der Waals surface area contributed by atoms with Crippen LogP contribution in [0.4, 0.5) is 5.69 Å². The largest absolute Gasteiger partial charge is 0.478 e. The third-order valence-corrected chi connectivity index (χ3v) is 4.90. The number of fused-ring (bicyclic) bond motifs is 1. The van der Waals surface area contributed by atoms with Crippen LogP contribution in [-0.2, 0) is 14.3 Å². The number of carbonyl (C=O) groups excluding carboxylic acids is 2. The molecule has 3 aromatic rings. The predicted octanol–water partition coefficient (Wildman–Crippen LogP) is 5.11. The lowest BCUT2D eigenvalue weighted by Crippen LogP contribution is -2.31. The van der Waals surface area contributed by atoms with Gasteiger partial charge in [0.25, 0.3) is 5.91 Å². The number of aryl methyl sites for hydroxylation is 2. The van der Waals surface area contributed by atoms with Crippen LogP contribution in [0.2, 0.25) is 10.0 Å². The molecule has 0 unspecified atom stereocenters. The first-order valence-electron chi connectivity index (χ1n) is 9.20. The van der Waals surface area contributed by atoms with Crippen molar-refractivity contribution in [1.29, 1.82) is 0 Å². The molecule has 0 fully saturated rings. The molecule has 30 heavy (non-hydrogen) atoms. The summed E-state index contributed by atoms with van der Waals surface area (Å²) >= 11 is 12.4. The van der Waals surface area contributed by atoms with Crippen LogP contribution in [0, 0.1) is 13.8 Å². The van der Waals surface area contributed by atoms with Crippen molar-refractivity contribution in [2.45, 2.75) is 26.9 Å². The van der Waals surface area contributed by atoms with E-state index >= 15 is 0 Å². The number of carbonyl (C=O) groups is 2. The van der Waals surface area contributed by atoms with Crippen LogP contribution in [0.5, 0.6) is 5.75 Å². The minimum atomic E-state index is -1.000. The Kier molecular flexibility index (Phi) is 6.80. The molecule has 0 saturated heterocycles. The van der Waals surface area contributed by atoms with Crippen LogP contribution < -0.4 is 10.1 Å². The molecule has 6 nitrogen and oxygen atoms in total. The van der Waals surface area contributed by atoms with Gasteiger partial charge < -0.3 is 14.8 Å². The maximum absolute atomic E-state index is 12.2. The molecule has 0 aliphatic heterocycles. The first kappa shape index (κ1) is 21.9. The average Bonchev–Trinajstić information content (AvgIpc) is 2.69. The van der Waals surface area contributed by atoms with Crippen molar-refractivity contribution in [3.63, 3.8) is 0 Å². The van der Waals surface area contributed by atoms with Crippen molar-refractivity contribution >= 4 is 51.7 Å². The Morgan fingerprint density at radius 2 is 1.77 bits per heavy atom. The molecule has 1 atom stereocenters. The second-order valence-electron chi connectivity index (χ2n) is 6.79. The Labute approximate surface area is 184 Å². The van der Waals surface area contributed by atoms with Crippen molar-refractivity contribution in [3.8, 4) is 5.75 Å². The number of esters is 1. The topological polar surface area (TPSA) is 77.5 Å². The number of halogens is 2. The number of hydrogen-bond donors (Lipinski definition) is 1.